The van der Waals surface area contributed by atoms with E-state index in [4.69, 9.17) is 28.3 Å². The van der Waals surface area contributed by atoms with Gasteiger partial charge in [0.05, 0.1) is 11.1 Å². The first-order valence-corrected chi connectivity index (χ1v) is 6.30. The summed E-state index contributed by atoms with van der Waals surface area (Å²) in [5.74, 6) is 0. The molecule has 1 aliphatic rings. The van der Waals surface area contributed by atoms with Crippen molar-refractivity contribution in [3.05, 3.63) is 28.0 Å². The first-order chi connectivity index (χ1) is 8.50. The predicted octanol–water partition coefficient (Wildman–Crippen LogP) is 3.05. The number of carboxylic acid groups (broad SMARTS) is 1. The molecule has 1 fully saturated rings. The molecular weight excluding hydrogens is 277 g/mol. The van der Waals surface area contributed by atoms with Gasteiger partial charge in [-0.25, -0.2) is 19.8 Å². The van der Waals surface area contributed by atoms with Gasteiger partial charge >= 0.3 is 6.09 Å². The largest absolute Gasteiger partial charge is 0.464 e. The van der Waals surface area contributed by atoms with Crippen LogP contribution in [-0.4, -0.2) is 39.8 Å². The van der Waals surface area contributed by atoms with Crippen LogP contribution in [0.3, 0.4) is 0 Å². The highest BCUT2D eigenvalue weighted by atomic mass is 35.5. The molecule has 18 heavy (non-hydrogen) atoms. The van der Waals surface area contributed by atoms with Crippen molar-refractivity contribution in [2.24, 2.45) is 0 Å². The normalized spacial score (nSPS) is 20.1. The second-order valence-electron chi connectivity index (χ2n) is 4.17. The summed E-state index contributed by atoms with van der Waals surface area (Å²) in [6.07, 6.45) is 2.47. The second-order valence-corrected chi connectivity index (χ2v) is 4.93. The number of aromatic nitrogens is 1. The molecule has 2 heterocycles. The van der Waals surface area contributed by atoms with E-state index in [-0.39, 0.29) is 11.2 Å². The van der Waals surface area contributed by atoms with Crippen LogP contribution in [0.25, 0.3) is 0 Å². The van der Waals surface area contributed by atoms with Crippen LogP contribution in [0.4, 0.5) is 4.79 Å². The smallest absolute Gasteiger partial charge is 0.421 e. The summed E-state index contributed by atoms with van der Waals surface area (Å²) >= 11 is 11.7. The molecule has 1 aromatic rings. The monoisotopic (exact) mass is 289 g/mol. The van der Waals surface area contributed by atoms with Crippen LogP contribution in [-0.2, 0) is 0 Å². The van der Waals surface area contributed by atoms with Gasteiger partial charge in [0, 0.05) is 19.8 Å². The first kappa shape index (κ1) is 13.4. The SMILES string of the molecule is CN(C(=O)O)N1CCCC1c1cnc(Cl)c(Cl)c1. The highest BCUT2D eigenvalue weighted by Gasteiger charge is 2.31. The quantitative estimate of drug-likeness (QED) is 0.850. The molecule has 1 aromatic heterocycles. The van der Waals surface area contributed by atoms with Gasteiger partial charge in [-0.15, -0.1) is 0 Å². The molecule has 1 aliphatic heterocycles. The molecule has 0 aliphatic carbocycles. The van der Waals surface area contributed by atoms with E-state index in [1.54, 1.807) is 17.3 Å². The van der Waals surface area contributed by atoms with E-state index in [0.717, 1.165) is 18.4 Å². The molecule has 0 bridgehead atoms. The summed E-state index contributed by atoms with van der Waals surface area (Å²) in [4.78, 5) is 15.0. The molecule has 1 amide bonds. The Labute approximate surface area is 115 Å². The van der Waals surface area contributed by atoms with Crippen molar-refractivity contribution in [3.63, 3.8) is 0 Å². The Hall–Kier alpha value is -1.04. The summed E-state index contributed by atoms with van der Waals surface area (Å²) in [5, 5.41) is 12.7. The fourth-order valence-electron chi connectivity index (χ4n) is 2.18. The third-order valence-electron chi connectivity index (χ3n) is 3.09. The highest BCUT2D eigenvalue weighted by molar-refractivity contribution is 6.41. The number of hydrazine groups is 1. The minimum absolute atomic E-state index is 0.0200. The number of nitrogens with zero attached hydrogens (tertiary/aromatic N) is 3. The molecular formula is C11H13Cl2N3O2. The second kappa shape index (κ2) is 5.30. The number of rotatable bonds is 2. The molecule has 1 N–H and O–H groups in total. The Morgan fingerprint density at radius 1 is 1.61 bits per heavy atom. The van der Waals surface area contributed by atoms with Crippen molar-refractivity contribution >= 4 is 29.3 Å². The van der Waals surface area contributed by atoms with Crippen LogP contribution >= 0.6 is 23.2 Å². The Bertz CT molecular complexity index is 470. The zero-order chi connectivity index (χ0) is 13.3. The molecule has 0 saturated carbocycles. The van der Waals surface area contributed by atoms with Crippen LogP contribution in [0.5, 0.6) is 0 Å². The van der Waals surface area contributed by atoms with E-state index in [1.165, 1.54) is 12.1 Å². The highest BCUT2D eigenvalue weighted by Crippen LogP contribution is 2.34. The van der Waals surface area contributed by atoms with Gasteiger partial charge in [-0.2, -0.15) is 0 Å². The predicted molar refractivity (Wildman–Crippen MR) is 68.7 cm³/mol. The fourth-order valence-corrected chi connectivity index (χ4v) is 2.46. The molecule has 1 unspecified atom stereocenters. The zero-order valence-electron chi connectivity index (χ0n) is 9.81. The van der Waals surface area contributed by atoms with E-state index in [1.807, 2.05) is 0 Å². The Morgan fingerprint density at radius 2 is 2.33 bits per heavy atom. The third-order valence-corrected chi connectivity index (χ3v) is 3.77. The Morgan fingerprint density at radius 3 is 2.94 bits per heavy atom. The number of hydrogen-bond acceptors (Lipinski definition) is 3. The lowest BCUT2D eigenvalue weighted by Gasteiger charge is -2.31. The number of carbonyl (C=O) groups is 1. The van der Waals surface area contributed by atoms with E-state index in [0.29, 0.717) is 11.6 Å². The van der Waals surface area contributed by atoms with Crippen molar-refractivity contribution in [3.8, 4) is 0 Å². The standard InChI is InChI=1S/C11H13Cl2N3O2/c1-15(11(17)18)16-4-2-3-9(16)7-5-8(12)10(13)14-6-7/h5-6,9H,2-4H2,1H3,(H,17,18). The Balaban J connectivity index is 2.25. The molecule has 98 valence electrons. The lowest BCUT2D eigenvalue weighted by molar-refractivity contribution is -0.000221. The minimum Gasteiger partial charge on any atom is -0.464 e. The number of hydrogen-bond donors (Lipinski definition) is 1. The molecule has 7 heteroatoms. The average Bonchev–Trinajstić information content (AvgIpc) is 2.80. The van der Waals surface area contributed by atoms with Crippen LogP contribution in [0, 0.1) is 0 Å². The summed E-state index contributed by atoms with van der Waals surface area (Å²) < 4.78 is 0. The summed E-state index contributed by atoms with van der Waals surface area (Å²) in [5.41, 5.74) is 0.884. The third kappa shape index (κ3) is 2.53. The van der Waals surface area contributed by atoms with Crippen molar-refractivity contribution in [2.45, 2.75) is 18.9 Å². The van der Waals surface area contributed by atoms with E-state index in [9.17, 15) is 4.79 Å². The minimum atomic E-state index is -0.977. The van der Waals surface area contributed by atoms with Crippen molar-refractivity contribution in [1.82, 2.24) is 15.0 Å². The van der Waals surface area contributed by atoms with Gasteiger partial charge in [0.25, 0.3) is 0 Å². The number of halogens is 2. The lowest BCUT2D eigenvalue weighted by atomic mass is 10.1. The van der Waals surface area contributed by atoms with Gasteiger partial charge in [0.15, 0.2) is 0 Å². The zero-order valence-corrected chi connectivity index (χ0v) is 11.3. The van der Waals surface area contributed by atoms with Gasteiger partial charge in [-0.1, -0.05) is 23.2 Å². The lowest BCUT2D eigenvalue weighted by Crippen LogP contribution is -2.42. The first-order valence-electron chi connectivity index (χ1n) is 5.55. The number of pyridine rings is 1. The van der Waals surface area contributed by atoms with Crippen LogP contribution in [0.1, 0.15) is 24.4 Å². The maximum atomic E-state index is 11.0. The van der Waals surface area contributed by atoms with Crippen molar-refractivity contribution in [1.29, 1.82) is 0 Å². The Kier molecular flexibility index (Phi) is 3.94. The summed E-state index contributed by atoms with van der Waals surface area (Å²) in [6, 6.07) is 1.73. The van der Waals surface area contributed by atoms with Crippen LogP contribution in [0.15, 0.2) is 12.3 Å². The topological polar surface area (TPSA) is 56.7 Å². The van der Waals surface area contributed by atoms with Crippen LogP contribution in [0.2, 0.25) is 10.2 Å². The van der Waals surface area contributed by atoms with E-state index in [2.05, 4.69) is 4.98 Å². The van der Waals surface area contributed by atoms with Crippen molar-refractivity contribution < 1.29 is 9.90 Å². The molecule has 2 rings (SSSR count). The maximum absolute atomic E-state index is 11.0. The summed E-state index contributed by atoms with van der Waals surface area (Å²) in [6.45, 7) is 0.702. The van der Waals surface area contributed by atoms with Gasteiger partial charge < -0.3 is 5.11 Å². The van der Waals surface area contributed by atoms with Gasteiger partial charge in [0.2, 0.25) is 0 Å². The van der Waals surface area contributed by atoms with E-state index < -0.39 is 6.09 Å². The molecule has 0 radical (unpaired) electrons. The molecule has 1 atom stereocenters. The van der Waals surface area contributed by atoms with Crippen LogP contribution < -0.4 is 0 Å². The number of amides is 1. The fraction of sp³-hybridized carbons (Fsp3) is 0.455. The summed E-state index contributed by atoms with van der Waals surface area (Å²) in [7, 11) is 1.53. The van der Waals surface area contributed by atoms with Crippen molar-refractivity contribution in [2.75, 3.05) is 13.6 Å². The molecule has 0 aromatic carbocycles. The van der Waals surface area contributed by atoms with Gasteiger partial charge in [0.1, 0.15) is 5.15 Å². The maximum Gasteiger partial charge on any atom is 0.421 e. The van der Waals surface area contributed by atoms with Gasteiger partial charge in [-0.3, -0.25) is 0 Å². The van der Waals surface area contributed by atoms with Gasteiger partial charge in [-0.05, 0) is 24.5 Å². The molecule has 1 saturated heterocycles. The average molecular weight is 290 g/mol. The molecule has 0 spiro atoms. The van der Waals surface area contributed by atoms with E-state index >= 15 is 0 Å². The molecule has 5 nitrogen and oxygen atoms in total.